The molecular weight excluding hydrogens is 531 g/mol. The van der Waals surface area contributed by atoms with Gasteiger partial charge in [0.25, 0.3) is 0 Å². The number of benzene rings is 2. The largest absolute Gasteiger partial charge is 0.357 e. The fourth-order valence-electron chi connectivity index (χ4n) is 2.75. The molecule has 9 heteroatoms. The van der Waals surface area contributed by atoms with Gasteiger partial charge in [0.15, 0.2) is 5.96 Å². The quantitative estimate of drug-likeness (QED) is 0.211. The van der Waals surface area contributed by atoms with Crippen LogP contribution in [-0.2, 0) is 28.9 Å². The van der Waals surface area contributed by atoms with Gasteiger partial charge in [-0.1, -0.05) is 36.4 Å². The predicted octanol–water partition coefficient (Wildman–Crippen LogP) is 3.67. The predicted molar refractivity (Wildman–Crippen MR) is 138 cm³/mol. The standard InChI is InChI=1S/C21H30N4O2S2.HI/c1-5-23-21(25(3)15-18-10-12-20(28-4)13-11-18)24-14-17-6-8-19(9-7-17)16-29(26,27)22-2;/h6-13,22H,5,14-16H2,1-4H3,(H,23,24);1H. The lowest BCUT2D eigenvalue weighted by molar-refractivity contribution is 0.476. The first-order valence-electron chi connectivity index (χ1n) is 9.48. The van der Waals surface area contributed by atoms with Crippen molar-refractivity contribution in [3.8, 4) is 0 Å². The molecule has 0 saturated carbocycles. The van der Waals surface area contributed by atoms with E-state index < -0.39 is 10.0 Å². The molecule has 2 N–H and O–H groups in total. The highest BCUT2D eigenvalue weighted by atomic mass is 127. The maximum absolute atomic E-state index is 11.7. The summed E-state index contributed by atoms with van der Waals surface area (Å²) in [5, 5.41) is 3.33. The van der Waals surface area contributed by atoms with Crippen LogP contribution in [0, 0.1) is 0 Å². The molecule has 0 saturated heterocycles. The zero-order chi connectivity index (χ0) is 21.3. The molecule has 0 amide bonds. The Kier molecular flexibility index (Phi) is 11.7. The number of aliphatic imine (C=N–C) groups is 1. The normalized spacial score (nSPS) is 11.7. The van der Waals surface area contributed by atoms with Gasteiger partial charge in [-0.15, -0.1) is 35.7 Å². The van der Waals surface area contributed by atoms with E-state index in [2.05, 4.69) is 45.5 Å². The van der Waals surface area contributed by atoms with Crippen molar-refractivity contribution in [2.24, 2.45) is 4.99 Å². The fourth-order valence-corrected chi connectivity index (χ4v) is 3.93. The minimum absolute atomic E-state index is 0. The second-order valence-corrected chi connectivity index (χ2v) is 9.46. The van der Waals surface area contributed by atoms with Crippen LogP contribution in [0.25, 0.3) is 0 Å². The van der Waals surface area contributed by atoms with E-state index in [-0.39, 0.29) is 29.7 Å². The Morgan fingerprint density at radius 1 is 1.03 bits per heavy atom. The first-order chi connectivity index (χ1) is 13.9. The van der Waals surface area contributed by atoms with E-state index in [1.807, 2.05) is 38.2 Å². The summed E-state index contributed by atoms with van der Waals surface area (Å²) in [6.07, 6.45) is 2.07. The SMILES string of the molecule is CCNC(=NCc1ccc(CS(=O)(=O)NC)cc1)N(C)Cc1ccc(SC)cc1.I. The second-order valence-electron chi connectivity index (χ2n) is 6.65. The summed E-state index contributed by atoms with van der Waals surface area (Å²) in [5.41, 5.74) is 3.01. The first kappa shape index (κ1) is 26.7. The summed E-state index contributed by atoms with van der Waals surface area (Å²) in [4.78, 5) is 8.09. The molecule has 0 aliphatic heterocycles. The first-order valence-corrected chi connectivity index (χ1v) is 12.4. The molecule has 0 heterocycles. The highest BCUT2D eigenvalue weighted by Gasteiger charge is 2.09. The van der Waals surface area contributed by atoms with E-state index in [9.17, 15) is 8.42 Å². The van der Waals surface area contributed by atoms with Gasteiger partial charge in [-0.3, -0.25) is 0 Å². The van der Waals surface area contributed by atoms with Crippen LogP contribution in [0.3, 0.4) is 0 Å². The Morgan fingerprint density at radius 3 is 2.13 bits per heavy atom. The molecule has 0 spiro atoms. The molecule has 0 unspecified atom stereocenters. The summed E-state index contributed by atoms with van der Waals surface area (Å²) in [7, 11) is 0.189. The molecule has 0 fully saturated rings. The number of rotatable bonds is 9. The topological polar surface area (TPSA) is 73.8 Å². The van der Waals surface area contributed by atoms with E-state index in [1.165, 1.54) is 17.5 Å². The monoisotopic (exact) mass is 562 g/mol. The van der Waals surface area contributed by atoms with Crippen molar-refractivity contribution >= 4 is 51.7 Å². The lowest BCUT2D eigenvalue weighted by atomic mass is 10.1. The number of guanidine groups is 1. The van der Waals surface area contributed by atoms with Gasteiger partial charge in [0, 0.05) is 25.0 Å². The van der Waals surface area contributed by atoms with Crippen molar-refractivity contribution < 1.29 is 8.42 Å². The molecule has 2 aromatic carbocycles. The number of thioether (sulfide) groups is 1. The molecule has 2 aromatic rings. The van der Waals surface area contributed by atoms with E-state index in [0.29, 0.717) is 6.54 Å². The molecule has 166 valence electrons. The van der Waals surface area contributed by atoms with Crippen molar-refractivity contribution in [1.29, 1.82) is 0 Å². The van der Waals surface area contributed by atoms with E-state index in [1.54, 1.807) is 11.8 Å². The Hall–Kier alpha value is -1.30. The van der Waals surface area contributed by atoms with E-state index in [4.69, 9.17) is 4.99 Å². The summed E-state index contributed by atoms with van der Waals surface area (Å²) in [6, 6.07) is 16.1. The van der Waals surface area contributed by atoms with Crippen LogP contribution in [0.2, 0.25) is 0 Å². The zero-order valence-corrected chi connectivity index (χ0v) is 21.8. The molecule has 0 atom stereocenters. The summed E-state index contributed by atoms with van der Waals surface area (Å²) >= 11 is 1.74. The fraction of sp³-hybridized carbons (Fsp3) is 0.381. The Morgan fingerprint density at radius 2 is 1.60 bits per heavy atom. The lowest BCUT2D eigenvalue weighted by Crippen LogP contribution is -2.38. The zero-order valence-electron chi connectivity index (χ0n) is 17.9. The molecule has 0 radical (unpaired) electrons. The van der Waals surface area contributed by atoms with E-state index in [0.717, 1.165) is 30.2 Å². The van der Waals surface area contributed by atoms with Crippen molar-refractivity contribution in [3.05, 3.63) is 65.2 Å². The van der Waals surface area contributed by atoms with Gasteiger partial charge in [0.2, 0.25) is 10.0 Å². The average Bonchev–Trinajstić information content (AvgIpc) is 2.72. The summed E-state index contributed by atoms with van der Waals surface area (Å²) in [5.74, 6) is 0.816. The number of hydrogen-bond donors (Lipinski definition) is 2. The van der Waals surface area contributed by atoms with Crippen molar-refractivity contribution in [1.82, 2.24) is 14.9 Å². The third-order valence-electron chi connectivity index (χ3n) is 4.38. The number of sulfonamides is 1. The molecule has 0 aliphatic rings. The van der Waals surface area contributed by atoms with Gasteiger partial charge in [-0.25, -0.2) is 18.1 Å². The van der Waals surface area contributed by atoms with Gasteiger partial charge < -0.3 is 10.2 Å². The molecule has 2 rings (SSSR count). The molecule has 0 bridgehead atoms. The number of nitrogens with one attached hydrogen (secondary N) is 2. The molecule has 30 heavy (non-hydrogen) atoms. The number of halogens is 1. The van der Waals surface area contributed by atoms with Crippen molar-refractivity contribution in [2.75, 3.05) is 26.9 Å². The Balaban J connectivity index is 0.00000450. The maximum atomic E-state index is 11.7. The lowest BCUT2D eigenvalue weighted by Gasteiger charge is -2.22. The van der Waals surface area contributed by atoms with Crippen LogP contribution in [0.5, 0.6) is 0 Å². The minimum atomic E-state index is -3.26. The Labute approximate surface area is 202 Å². The average molecular weight is 563 g/mol. The Bertz CT molecular complexity index is 902. The van der Waals surface area contributed by atoms with Crippen LogP contribution in [0.4, 0.5) is 0 Å². The number of hydrogen-bond acceptors (Lipinski definition) is 4. The van der Waals surface area contributed by atoms with Gasteiger partial charge >= 0.3 is 0 Å². The van der Waals surface area contributed by atoms with Gasteiger partial charge in [-0.2, -0.15) is 0 Å². The molecule has 0 aliphatic carbocycles. The molecule has 0 aromatic heterocycles. The molecule has 6 nitrogen and oxygen atoms in total. The highest BCUT2D eigenvalue weighted by Crippen LogP contribution is 2.16. The van der Waals surface area contributed by atoms with Gasteiger partial charge in [0.05, 0.1) is 12.3 Å². The summed E-state index contributed by atoms with van der Waals surface area (Å²) in [6.45, 7) is 4.13. The highest BCUT2D eigenvalue weighted by molar-refractivity contribution is 14.0. The van der Waals surface area contributed by atoms with Crippen LogP contribution in [0.1, 0.15) is 23.6 Å². The number of nitrogens with zero attached hydrogens (tertiary/aromatic N) is 2. The maximum Gasteiger partial charge on any atom is 0.215 e. The van der Waals surface area contributed by atoms with Crippen LogP contribution in [-0.4, -0.2) is 46.2 Å². The van der Waals surface area contributed by atoms with Gasteiger partial charge in [0.1, 0.15) is 0 Å². The third kappa shape index (κ3) is 8.83. The van der Waals surface area contributed by atoms with Crippen LogP contribution >= 0.6 is 35.7 Å². The smallest absolute Gasteiger partial charge is 0.215 e. The third-order valence-corrected chi connectivity index (χ3v) is 6.46. The second kappa shape index (κ2) is 13.2. The van der Waals surface area contributed by atoms with E-state index >= 15 is 0 Å². The van der Waals surface area contributed by atoms with Gasteiger partial charge in [-0.05, 0) is 49.1 Å². The minimum Gasteiger partial charge on any atom is -0.357 e. The van der Waals surface area contributed by atoms with Crippen LogP contribution in [0.15, 0.2) is 58.4 Å². The summed E-state index contributed by atoms with van der Waals surface area (Å²) < 4.78 is 25.6. The van der Waals surface area contributed by atoms with Crippen LogP contribution < -0.4 is 10.0 Å². The van der Waals surface area contributed by atoms with Crippen molar-refractivity contribution in [2.45, 2.75) is 30.7 Å². The molecular formula is C21H31IN4O2S2. The van der Waals surface area contributed by atoms with Crippen molar-refractivity contribution in [3.63, 3.8) is 0 Å².